The zero-order valence-corrected chi connectivity index (χ0v) is 11.0. The van der Waals surface area contributed by atoms with Gasteiger partial charge in [0.2, 0.25) is 0 Å². The lowest BCUT2D eigenvalue weighted by atomic mass is 10.1. The van der Waals surface area contributed by atoms with Crippen LogP contribution in [0.3, 0.4) is 0 Å². The SMILES string of the molecule is Nc1ccc(C(=O)O)c(NC(=O)c2ccc(Cl)cc2)c1. The molecule has 0 aliphatic rings. The number of halogens is 1. The van der Waals surface area contributed by atoms with Crippen molar-refractivity contribution in [3.63, 3.8) is 0 Å². The molecule has 20 heavy (non-hydrogen) atoms. The molecule has 0 unspecified atom stereocenters. The molecule has 2 aromatic carbocycles. The average molecular weight is 291 g/mol. The number of aromatic carboxylic acids is 1. The van der Waals surface area contributed by atoms with Crippen LogP contribution in [0.15, 0.2) is 42.5 Å². The van der Waals surface area contributed by atoms with Gasteiger partial charge in [-0.05, 0) is 42.5 Å². The molecule has 2 aromatic rings. The first-order valence-electron chi connectivity index (χ1n) is 5.67. The fraction of sp³-hybridized carbons (Fsp3) is 0. The highest BCUT2D eigenvalue weighted by Crippen LogP contribution is 2.20. The number of carboxylic acids is 1. The molecule has 0 atom stereocenters. The first-order valence-corrected chi connectivity index (χ1v) is 6.05. The Hall–Kier alpha value is -2.53. The van der Waals surface area contributed by atoms with Gasteiger partial charge in [-0.1, -0.05) is 11.6 Å². The van der Waals surface area contributed by atoms with Crippen LogP contribution < -0.4 is 11.1 Å². The lowest BCUT2D eigenvalue weighted by Gasteiger charge is -2.09. The zero-order chi connectivity index (χ0) is 14.7. The van der Waals surface area contributed by atoms with E-state index in [2.05, 4.69) is 5.32 Å². The molecular weight excluding hydrogens is 280 g/mol. The number of nitrogens with one attached hydrogen (secondary N) is 1. The number of amides is 1. The van der Waals surface area contributed by atoms with Crippen molar-refractivity contribution in [1.29, 1.82) is 0 Å². The van der Waals surface area contributed by atoms with E-state index in [1.165, 1.54) is 18.2 Å². The van der Waals surface area contributed by atoms with Crippen molar-refractivity contribution in [1.82, 2.24) is 0 Å². The fourth-order valence-electron chi connectivity index (χ4n) is 1.65. The van der Waals surface area contributed by atoms with Gasteiger partial charge in [0.25, 0.3) is 5.91 Å². The van der Waals surface area contributed by atoms with Gasteiger partial charge in [0.05, 0.1) is 11.3 Å². The maximum absolute atomic E-state index is 12.0. The lowest BCUT2D eigenvalue weighted by Crippen LogP contribution is -2.15. The molecule has 0 fully saturated rings. The number of benzene rings is 2. The third-order valence-electron chi connectivity index (χ3n) is 2.63. The molecule has 0 bridgehead atoms. The highest BCUT2D eigenvalue weighted by molar-refractivity contribution is 6.30. The molecule has 5 nitrogen and oxygen atoms in total. The molecule has 0 spiro atoms. The van der Waals surface area contributed by atoms with Crippen molar-refractivity contribution in [2.75, 3.05) is 11.1 Å². The summed E-state index contributed by atoms with van der Waals surface area (Å²) in [5.41, 5.74) is 6.46. The summed E-state index contributed by atoms with van der Waals surface area (Å²) in [5, 5.41) is 12.1. The summed E-state index contributed by atoms with van der Waals surface area (Å²) in [4.78, 5) is 23.1. The van der Waals surface area contributed by atoms with E-state index < -0.39 is 11.9 Å². The van der Waals surface area contributed by atoms with Crippen LogP contribution in [0.4, 0.5) is 11.4 Å². The molecule has 102 valence electrons. The van der Waals surface area contributed by atoms with Crippen molar-refractivity contribution in [3.05, 3.63) is 58.6 Å². The van der Waals surface area contributed by atoms with Gasteiger partial charge in [0, 0.05) is 16.3 Å². The van der Waals surface area contributed by atoms with E-state index in [0.29, 0.717) is 16.3 Å². The Morgan fingerprint density at radius 2 is 1.75 bits per heavy atom. The van der Waals surface area contributed by atoms with Crippen LogP contribution in [0.25, 0.3) is 0 Å². The van der Waals surface area contributed by atoms with Gasteiger partial charge >= 0.3 is 5.97 Å². The fourth-order valence-corrected chi connectivity index (χ4v) is 1.77. The van der Waals surface area contributed by atoms with Crippen molar-refractivity contribution >= 4 is 34.9 Å². The summed E-state index contributed by atoms with van der Waals surface area (Å²) in [5.74, 6) is -1.58. The highest BCUT2D eigenvalue weighted by Gasteiger charge is 2.13. The molecule has 0 aliphatic carbocycles. The smallest absolute Gasteiger partial charge is 0.337 e. The molecule has 0 heterocycles. The number of hydrogen-bond acceptors (Lipinski definition) is 3. The Morgan fingerprint density at radius 3 is 2.35 bits per heavy atom. The summed E-state index contributed by atoms with van der Waals surface area (Å²) in [6.45, 7) is 0. The van der Waals surface area contributed by atoms with E-state index in [9.17, 15) is 9.59 Å². The second kappa shape index (κ2) is 5.63. The molecule has 0 saturated heterocycles. The topological polar surface area (TPSA) is 92.4 Å². The quantitative estimate of drug-likeness (QED) is 0.758. The van der Waals surface area contributed by atoms with Crippen molar-refractivity contribution < 1.29 is 14.7 Å². The van der Waals surface area contributed by atoms with Gasteiger partial charge in [-0.15, -0.1) is 0 Å². The number of hydrogen-bond donors (Lipinski definition) is 3. The minimum atomic E-state index is -1.14. The van der Waals surface area contributed by atoms with Crippen LogP contribution in [-0.2, 0) is 0 Å². The summed E-state index contributed by atoms with van der Waals surface area (Å²) in [6, 6.07) is 10.4. The first-order chi connectivity index (χ1) is 9.47. The van der Waals surface area contributed by atoms with Crippen LogP contribution >= 0.6 is 11.6 Å². The molecule has 1 amide bonds. The number of carbonyl (C=O) groups is 2. The minimum absolute atomic E-state index is 0.0264. The molecule has 6 heteroatoms. The van der Waals surface area contributed by atoms with Crippen molar-refractivity contribution in [3.8, 4) is 0 Å². The summed E-state index contributed by atoms with van der Waals surface area (Å²) < 4.78 is 0. The van der Waals surface area contributed by atoms with Crippen LogP contribution in [0.5, 0.6) is 0 Å². The third-order valence-corrected chi connectivity index (χ3v) is 2.88. The lowest BCUT2D eigenvalue weighted by molar-refractivity contribution is 0.0698. The molecule has 0 aliphatic heterocycles. The second-order valence-corrected chi connectivity index (χ2v) is 4.51. The van der Waals surface area contributed by atoms with Crippen molar-refractivity contribution in [2.45, 2.75) is 0 Å². The van der Waals surface area contributed by atoms with E-state index in [0.717, 1.165) is 0 Å². The Bertz CT molecular complexity index is 669. The average Bonchev–Trinajstić information content (AvgIpc) is 2.39. The summed E-state index contributed by atoms with van der Waals surface area (Å²) in [7, 11) is 0. The van der Waals surface area contributed by atoms with Crippen LogP contribution in [0, 0.1) is 0 Å². The number of nitrogen functional groups attached to an aromatic ring is 1. The molecule has 4 N–H and O–H groups in total. The van der Waals surface area contributed by atoms with Crippen LogP contribution in [0.1, 0.15) is 20.7 Å². The number of carboxylic acid groups (broad SMARTS) is 1. The summed E-state index contributed by atoms with van der Waals surface area (Å²) in [6.07, 6.45) is 0. The maximum Gasteiger partial charge on any atom is 0.337 e. The minimum Gasteiger partial charge on any atom is -0.478 e. The van der Waals surface area contributed by atoms with Gasteiger partial charge in [0.1, 0.15) is 0 Å². The maximum atomic E-state index is 12.0. The van der Waals surface area contributed by atoms with Crippen molar-refractivity contribution in [2.24, 2.45) is 0 Å². The van der Waals surface area contributed by atoms with E-state index in [1.54, 1.807) is 24.3 Å². The summed E-state index contributed by atoms with van der Waals surface area (Å²) >= 11 is 5.74. The number of nitrogens with two attached hydrogens (primary N) is 1. The third kappa shape index (κ3) is 3.07. The van der Waals surface area contributed by atoms with Crippen LogP contribution in [-0.4, -0.2) is 17.0 Å². The number of anilines is 2. The Kier molecular flexibility index (Phi) is 3.91. The predicted molar refractivity (Wildman–Crippen MR) is 77.2 cm³/mol. The van der Waals surface area contributed by atoms with Crippen LogP contribution in [0.2, 0.25) is 5.02 Å². The van der Waals surface area contributed by atoms with E-state index in [4.69, 9.17) is 22.4 Å². The van der Waals surface area contributed by atoms with Gasteiger partial charge in [-0.2, -0.15) is 0 Å². The molecule has 0 radical (unpaired) electrons. The molecule has 0 aromatic heterocycles. The molecule has 2 rings (SSSR count). The Labute approximate surface area is 120 Å². The van der Waals surface area contributed by atoms with Gasteiger partial charge in [-0.25, -0.2) is 4.79 Å². The Morgan fingerprint density at radius 1 is 1.10 bits per heavy atom. The Balaban J connectivity index is 2.29. The monoisotopic (exact) mass is 290 g/mol. The van der Waals surface area contributed by atoms with Gasteiger partial charge < -0.3 is 16.2 Å². The van der Waals surface area contributed by atoms with E-state index in [1.807, 2.05) is 0 Å². The largest absolute Gasteiger partial charge is 0.478 e. The van der Waals surface area contributed by atoms with E-state index in [-0.39, 0.29) is 11.3 Å². The highest BCUT2D eigenvalue weighted by atomic mass is 35.5. The zero-order valence-electron chi connectivity index (χ0n) is 10.3. The standard InChI is InChI=1S/C14H11ClN2O3/c15-9-3-1-8(2-4-9)13(18)17-12-7-10(16)5-6-11(12)14(19)20/h1-7H,16H2,(H,17,18)(H,19,20). The predicted octanol–water partition coefficient (Wildman–Crippen LogP) is 2.87. The molecular formula is C14H11ClN2O3. The first kappa shape index (κ1) is 13.9. The van der Waals surface area contributed by atoms with E-state index >= 15 is 0 Å². The van der Waals surface area contributed by atoms with Gasteiger partial charge in [-0.3, -0.25) is 4.79 Å². The number of rotatable bonds is 3. The second-order valence-electron chi connectivity index (χ2n) is 4.07. The molecule has 0 saturated carbocycles. The number of carbonyl (C=O) groups excluding carboxylic acids is 1. The van der Waals surface area contributed by atoms with Gasteiger partial charge in [0.15, 0.2) is 0 Å². The normalized spacial score (nSPS) is 10.1.